The number of hydrogen-bond donors (Lipinski definition) is 0. The fraction of sp³-hybridized carbons (Fsp3) is 0.421. The van der Waals surface area contributed by atoms with E-state index >= 15 is 0 Å². The molecule has 1 spiro atoms. The van der Waals surface area contributed by atoms with E-state index in [0.29, 0.717) is 31.6 Å². The number of piperidine rings is 1. The van der Waals surface area contributed by atoms with Crippen LogP contribution in [0.5, 0.6) is 0 Å². The second-order valence-corrected chi connectivity index (χ2v) is 7.05. The number of likely N-dealkylation sites (N-methyl/N-ethyl adjacent to an activating group) is 1. The van der Waals surface area contributed by atoms with Gasteiger partial charge >= 0.3 is 0 Å². The molecule has 3 heterocycles. The van der Waals surface area contributed by atoms with Crippen molar-refractivity contribution in [3.05, 3.63) is 47.3 Å². The van der Waals surface area contributed by atoms with Gasteiger partial charge in [0, 0.05) is 38.6 Å². The Bertz CT molecular complexity index is 843. The van der Waals surface area contributed by atoms with Crippen molar-refractivity contribution in [3.8, 4) is 0 Å². The molecule has 6 heteroatoms. The van der Waals surface area contributed by atoms with Gasteiger partial charge in [-0.2, -0.15) is 5.10 Å². The van der Waals surface area contributed by atoms with E-state index in [-0.39, 0.29) is 11.8 Å². The van der Waals surface area contributed by atoms with Gasteiger partial charge in [-0.25, -0.2) is 0 Å². The number of carbonyl (C=O) groups is 2. The molecule has 0 radical (unpaired) electrons. The van der Waals surface area contributed by atoms with Gasteiger partial charge in [-0.1, -0.05) is 18.2 Å². The van der Waals surface area contributed by atoms with E-state index in [1.165, 1.54) is 0 Å². The maximum absolute atomic E-state index is 12.9. The average Bonchev–Trinajstić information content (AvgIpc) is 3.07. The highest BCUT2D eigenvalue weighted by Gasteiger charge is 2.51. The Morgan fingerprint density at radius 1 is 1.16 bits per heavy atom. The van der Waals surface area contributed by atoms with Gasteiger partial charge in [0.25, 0.3) is 5.91 Å². The average molecular weight is 338 g/mol. The van der Waals surface area contributed by atoms with Crippen molar-refractivity contribution < 1.29 is 9.59 Å². The lowest BCUT2D eigenvalue weighted by atomic mass is 9.73. The molecule has 4 rings (SSSR count). The van der Waals surface area contributed by atoms with E-state index < -0.39 is 5.41 Å². The number of benzene rings is 1. The number of nitrogens with zero attached hydrogens (tertiary/aromatic N) is 4. The summed E-state index contributed by atoms with van der Waals surface area (Å²) in [6.07, 6.45) is 1.31. The minimum absolute atomic E-state index is 0.0503. The first-order valence-electron chi connectivity index (χ1n) is 8.61. The zero-order valence-corrected chi connectivity index (χ0v) is 14.8. The predicted octanol–water partition coefficient (Wildman–Crippen LogP) is 1.88. The number of hydrogen-bond acceptors (Lipinski definition) is 3. The van der Waals surface area contributed by atoms with E-state index in [0.717, 1.165) is 16.9 Å². The number of aromatic nitrogens is 2. The summed E-state index contributed by atoms with van der Waals surface area (Å²) in [6.45, 7) is 3.07. The second-order valence-electron chi connectivity index (χ2n) is 7.05. The molecule has 2 aromatic rings. The smallest absolute Gasteiger partial charge is 0.274 e. The molecule has 130 valence electrons. The van der Waals surface area contributed by atoms with Crippen LogP contribution in [0.3, 0.4) is 0 Å². The largest absolute Gasteiger partial charge is 0.337 e. The van der Waals surface area contributed by atoms with Gasteiger partial charge in [0.1, 0.15) is 0 Å². The third-order valence-electron chi connectivity index (χ3n) is 5.73. The zero-order chi connectivity index (χ0) is 17.8. The number of carbonyl (C=O) groups excluding carboxylic acids is 2. The Labute approximate surface area is 147 Å². The van der Waals surface area contributed by atoms with Gasteiger partial charge in [-0.15, -0.1) is 0 Å². The van der Waals surface area contributed by atoms with E-state index in [1.54, 1.807) is 9.58 Å². The summed E-state index contributed by atoms with van der Waals surface area (Å²) in [5.41, 5.74) is 3.04. The maximum Gasteiger partial charge on any atom is 0.274 e. The van der Waals surface area contributed by atoms with Crippen LogP contribution in [0, 0.1) is 6.92 Å². The molecule has 0 bridgehead atoms. The maximum atomic E-state index is 12.9. The monoisotopic (exact) mass is 338 g/mol. The van der Waals surface area contributed by atoms with E-state index in [1.807, 2.05) is 50.2 Å². The molecule has 1 fully saturated rings. The molecule has 25 heavy (non-hydrogen) atoms. The molecule has 0 unspecified atom stereocenters. The standard InChI is InChI=1S/C19H22N4O2/c1-13-12-15(20-22(13)3)17(24)23-10-8-19(9-11-23)14-6-4-5-7-16(14)21(2)18(19)25/h4-7,12H,8-11H2,1-3H3. The second kappa shape index (κ2) is 5.44. The number of anilines is 1. The molecule has 0 N–H and O–H groups in total. The third kappa shape index (κ3) is 2.20. The van der Waals surface area contributed by atoms with Crippen molar-refractivity contribution in [2.45, 2.75) is 25.2 Å². The van der Waals surface area contributed by atoms with E-state index in [9.17, 15) is 9.59 Å². The first-order valence-corrected chi connectivity index (χ1v) is 8.61. The molecule has 0 aliphatic carbocycles. The predicted molar refractivity (Wildman–Crippen MR) is 94.6 cm³/mol. The number of likely N-dealkylation sites (tertiary alicyclic amines) is 1. The SMILES string of the molecule is Cc1cc(C(=O)N2CCC3(CC2)C(=O)N(C)c2ccccc23)nn1C. The molecule has 1 aromatic heterocycles. The highest BCUT2D eigenvalue weighted by molar-refractivity contribution is 6.08. The summed E-state index contributed by atoms with van der Waals surface area (Å²) in [4.78, 5) is 29.2. The van der Waals surface area contributed by atoms with Crippen LogP contribution in [0.4, 0.5) is 5.69 Å². The van der Waals surface area contributed by atoms with Crippen LogP contribution < -0.4 is 4.90 Å². The lowest BCUT2D eigenvalue weighted by Crippen LogP contribution is -2.49. The topological polar surface area (TPSA) is 58.4 Å². The molecular weight excluding hydrogens is 316 g/mol. The number of amides is 2. The van der Waals surface area contributed by atoms with Crippen molar-refractivity contribution in [2.75, 3.05) is 25.0 Å². The molecule has 0 atom stereocenters. The van der Waals surface area contributed by atoms with Crippen LogP contribution in [0.15, 0.2) is 30.3 Å². The van der Waals surface area contributed by atoms with Crippen molar-refractivity contribution >= 4 is 17.5 Å². The Morgan fingerprint density at radius 3 is 2.48 bits per heavy atom. The van der Waals surface area contributed by atoms with Crippen LogP contribution in [0.1, 0.15) is 34.6 Å². The highest BCUT2D eigenvalue weighted by Crippen LogP contribution is 2.47. The minimum Gasteiger partial charge on any atom is -0.337 e. The summed E-state index contributed by atoms with van der Waals surface area (Å²) < 4.78 is 1.71. The van der Waals surface area contributed by atoms with Gasteiger partial charge in [0.2, 0.25) is 5.91 Å². The van der Waals surface area contributed by atoms with Crippen LogP contribution >= 0.6 is 0 Å². The third-order valence-corrected chi connectivity index (χ3v) is 5.73. The van der Waals surface area contributed by atoms with Gasteiger partial charge in [0.15, 0.2) is 5.69 Å². The normalized spacial score (nSPS) is 18.8. The molecule has 6 nitrogen and oxygen atoms in total. The summed E-state index contributed by atoms with van der Waals surface area (Å²) in [6, 6.07) is 9.81. The van der Waals surface area contributed by atoms with Crippen LogP contribution in [-0.4, -0.2) is 46.6 Å². The Hall–Kier alpha value is -2.63. The fourth-order valence-corrected chi connectivity index (χ4v) is 4.12. The molecule has 0 saturated carbocycles. The Kier molecular flexibility index (Phi) is 3.45. The Morgan fingerprint density at radius 2 is 1.84 bits per heavy atom. The van der Waals surface area contributed by atoms with Crippen molar-refractivity contribution in [1.82, 2.24) is 14.7 Å². The summed E-state index contributed by atoms with van der Waals surface area (Å²) >= 11 is 0. The first kappa shape index (κ1) is 15.9. The van der Waals surface area contributed by atoms with Gasteiger partial charge in [-0.3, -0.25) is 14.3 Å². The summed E-state index contributed by atoms with van der Waals surface area (Å²) in [5, 5.41) is 4.29. The quantitative estimate of drug-likeness (QED) is 0.798. The zero-order valence-electron chi connectivity index (χ0n) is 14.8. The number of rotatable bonds is 1. The number of para-hydroxylation sites is 1. The fourth-order valence-electron chi connectivity index (χ4n) is 4.12. The Balaban J connectivity index is 1.57. The molecule has 1 saturated heterocycles. The lowest BCUT2D eigenvalue weighted by Gasteiger charge is -2.38. The number of aryl methyl sites for hydroxylation is 2. The van der Waals surface area contributed by atoms with Crippen LogP contribution in [0.2, 0.25) is 0 Å². The van der Waals surface area contributed by atoms with E-state index in [2.05, 4.69) is 11.2 Å². The molecule has 2 amide bonds. The van der Waals surface area contributed by atoms with Crippen molar-refractivity contribution in [2.24, 2.45) is 7.05 Å². The minimum atomic E-state index is -0.484. The molecule has 2 aliphatic heterocycles. The van der Waals surface area contributed by atoms with Gasteiger partial charge < -0.3 is 9.80 Å². The molecule has 1 aromatic carbocycles. The molecule has 2 aliphatic rings. The van der Waals surface area contributed by atoms with Crippen LogP contribution in [-0.2, 0) is 17.3 Å². The van der Waals surface area contributed by atoms with Crippen LogP contribution in [0.25, 0.3) is 0 Å². The molecular formula is C19H22N4O2. The summed E-state index contributed by atoms with van der Waals surface area (Å²) in [7, 11) is 3.67. The van der Waals surface area contributed by atoms with Gasteiger partial charge in [-0.05, 0) is 37.5 Å². The van der Waals surface area contributed by atoms with Crippen molar-refractivity contribution in [1.29, 1.82) is 0 Å². The van der Waals surface area contributed by atoms with Gasteiger partial charge in [0.05, 0.1) is 5.41 Å². The summed E-state index contributed by atoms with van der Waals surface area (Å²) in [5.74, 6) is 0.0973. The lowest BCUT2D eigenvalue weighted by molar-refractivity contribution is -0.124. The highest BCUT2D eigenvalue weighted by atomic mass is 16.2. The van der Waals surface area contributed by atoms with E-state index in [4.69, 9.17) is 0 Å². The number of fused-ring (bicyclic) bond motifs is 2. The van der Waals surface area contributed by atoms with Crippen molar-refractivity contribution in [3.63, 3.8) is 0 Å². The first-order chi connectivity index (χ1) is 11.9.